The van der Waals surface area contributed by atoms with Gasteiger partial charge in [-0.25, -0.2) is 9.18 Å². The number of benzene rings is 1. The van der Waals surface area contributed by atoms with Gasteiger partial charge in [-0.3, -0.25) is 4.79 Å². The zero-order valence-electron chi connectivity index (χ0n) is 10.8. The summed E-state index contributed by atoms with van der Waals surface area (Å²) in [7, 11) is 1.21. The highest BCUT2D eigenvalue weighted by atomic mass is 35.5. The standard InChI is InChI=1S/C14H11ClFNO3/c1-7-12(14(19)20-2)9(13(18)17-7)6-8-10(15)4-3-5-11(8)16/h3-6H,1-2H3,(H,17,18)/b9-6+. The molecule has 1 aromatic rings. The second-order valence-corrected chi connectivity index (χ2v) is 4.55. The van der Waals surface area contributed by atoms with Gasteiger partial charge in [0.1, 0.15) is 5.82 Å². The van der Waals surface area contributed by atoms with Crippen molar-refractivity contribution in [1.82, 2.24) is 5.32 Å². The van der Waals surface area contributed by atoms with Crippen LogP contribution in [0.4, 0.5) is 4.39 Å². The topological polar surface area (TPSA) is 55.4 Å². The number of allylic oxidation sites excluding steroid dienone is 1. The summed E-state index contributed by atoms with van der Waals surface area (Å²) >= 11 is 5.90. The Balaban J connectivity index is 2.58. The molecular formula is C14H11ClFNO3. The van der Waals surface area contributed by atoms with Crippen molar-refractivity contribution in [3.05, 3.63) is 51.4 Å². The van der Waals surface area contributed by atoms with Gasteiger partial charge in [0.2, 0.25) is 0 Å². The lowest BCUT2D eigenvalue weighted by molar-refractivity contribution is -0.136. The predicted octanol–water partition coefficient (Wildman–Crippen LogP) is 2.44. The maximum atomic E-state index is 13.7. The molecule has 0 aromatic heterocycles. The van der Waals surface area contributed by atoms with Gasteiger partial charge in [-0.05, 0) is 25.1 Å². The van der Waals surface area contributed by atoms with Crippen LogP contribution < -0.4 is 5.32 Å². The maximum Gasteiger partial charge on any atom is 0.340 e. The monoisotopic (exact) mass is 295 g/mol. The fraction of sp³-hybridized carbons (Fsp3) is 0.143. The summed E-state index contributed by atoms with van der Waals surface area (Å²) in [5, 5.41) is 2.65. The van der Waals surface area contributed by atoms with Crippen LogP contribution >= 0.6 is 11.6 Å². The number of hydrogen-bond acceptors (Lipinski definition) is 3. The number of nitrogens with one attached hydrogen (secondary N) is 1. The van der Waals surface area contributed by atoms with E-state index in [1.54, 1.807) is 6.92 Å². The minimum atomic E-state index is -0.667. The minimum absolute atomic E-state index is 0.0290. The molecule has 0 saturated carbocycles. The molecule has 1 aliphatic rings. The average Bonchev–Trinajstić information content (AvgIpc) is 2.67. The fourth-order valence-corrected chi connectivity index (χ4v) is 2.13. The smallest absolute Gasteiger partial charge is 0.340 e. The Labute approximate surface area is 119 Å². The first-order chi connectivity index (χ1) is 9.45. The highest BCUT2D eigenvalue weighted by molar-refractivity contribution is 6.32. The molecule has 104 valence electrons. The van der Waals surface area contributed by atoms with Gasteiger partial charge in [-0.2, -0.15) is 0 Å². The van der Waals surface area contributed by atoms with E-state index >= 15 is 0 Å². The number of halogens is 2. The molecular weight excluding hydrogens is 285 g/mol. The number of carbonyl (C=O) groups is 2. The summed E-state index contributed by atoms with van der Waals surface area (Å²) in [5.74, 6) is -1.74. The summed E-state index contributed by atoms with van der Waals surface area (Å²) in [5.41, 5.74) is 0.522. The second kappa shape index (κ2) is 5.46. The van der Waals surface area contributed by atoms with Gasteiger partial charge in [0.25, 0.3) is 5.91 Å². The molecule has 0 atom stereocenters. The Kier molecular flexibility index (Phi) is 3.90. The maximum absolute atomic E-state index is 13.7. The SMILES string of the molecule is COC(=O)C1=C(C)NC(=O)/C1=C/c1c(F)cccc1Cl. The normalized spacial score (nSPS) is 16.6. The van der Waals surface area contributed by atoms with E-state index in [0.717, 1.165) is 0 Å². The summed E-state index contributed by atoms with van der Waals surface area (Å²) in [6.07, 6.45) is 1.25. The summed E-state index contributed by atoms with van der Waals surface area (Å²) in [4.78, 5) is 23.5. The van der Waals surface area contributed by atoms with E-state index in [1.807, 2.05) is 0 Å². The van der Waals surface area contributed by atoms with Crippen LogP contribution in [0.3, 0.4) is 0 Å². The van der Waals surface area contributed by atoms with E-state index in [4.69, 9.17) is 11.6 Å². The predicted molar refractivity (Wildman–Crippen MR) is 72.2 cm³/mol. The van der Waals surface area contributed by atoms with Gasteiger partial charge in [0.05, 0.1) is 23.3 Å². The second-order valence-electron chi connectivity index (χ2n) is 4.14. The molecule has 0 bridgehead atoms. The van der Waals surface area contributed by atoms with Crippen LogP contribution in [0, 0.1) is 5.82 Å². The van der Waals surface area contributed by atoms with Crippen molar-refractivity contribution in [1.29, 1.82) is 0 Å². The van der Waals surface area contributed by atoms with Crippen LogP contribution in [0.1, 0.15) is 12.5 Å². The first-order valence-electron chi connectivity index (χ1n) is 5.72. The Morgan fingerprint density at radius 2 is 2.15 bits per heavy atom. The van der Waals surface area contributed by atoms with Crippen molar-refractivity contribution in [2.75, 3.05) is 7.11 Å². The zero-order chi connectivity index (χ0) is 14.9. The number of rotatable bonds is 2. The summed E-state index contributed by atoms with van der Waals surface area (Å²) in [6, 6.07) is 4.18. The molecule has 1 heterocycles. The Hall–Kier alpha value is -2.14. The van der Waals surface area contributed by atoms with Crippen molar-refractivity contribution in [2.24, 2.45) is 0 Å². The van der Waals surface area contributed by atoms with Gasteiger partial charge in [0, 0.05) is 11.3 Å². The van der Waals surface area contributed by atoms with E-state index in [2.05, 4.69) is 10.1 Å². The van der Waals surface area contributed by atoms with Gasteiger partial charge < -0.3 is 10.1 Å². The molecule has 0 unspecified atom stereocenters. The Bertz CT molecular complexity index is 644. The van der Waals surface area contributed by atoms with Crippen LogP contribution in [0.2, 0.25) is 5.02 Å². The lowest BCUT2D eigenvalue weighted by atomic mass is 10.0. The average molecular weight is 296 g/mol. The van der Waals surface area contributed by atoms with E-state index in [1.165, 1.54) is 31.4 Å². The van der Waals surface area contributed by atoms with Crippen LogP contribution in [0.15, 0.2) is 35.0 Å². The first-order valence-corrected chi connectivity index (χ1v) is 6.10. The molecule has 0 fully saturated rings. The van der Waals surface area contributed by atoms with Crippen LogP contribution in [0.25, 0.3) is 6.08 Å². The lowest BCUT2D eigenvalue weighted by Gasteiger charge is -2.04. The third-order valence-corrected chi connectivity index (χ3v) is 3.20. The fourth-order valence-electron chi connectivity index (χ4n) is 1.91. The minimum Gasteiger partial charge on any atom is -0.465 e. The molecule has 0 saturated heterocycles. The summed E-state index contributed by atoms with van der Waals surface area (Å²) in [6.45, 7) is 1.56. The molecule has 0 radical (unpaired) electrons. The molecule has 1 aliphatic heterocycles. The van der Waals surface area contributed by atoms with Crippen molar-refractivity contribution in [2.45, 2.75) is 6.92 Å². The number of amides is 1. The van der Waals surface area contributed by atoms with E-state index in [0.29, 0.717) is 5.70 Å². The molecule has 1 aromatic carbocycles. The summed E-state index contributed by atoms with van der Waals surface area (Å²) < 4.78 is 18.4. The van der Waals surface area contributed by atoms with Crippen molar-refractivity contribution >= 4 is 29.6 Å². The Morgan fingerprint density at radius 1 is 1.45 bits per heavy atom. The van der Waals surface area contributed by atoms with E-state index in [-0.39, 0.29) is 21.7 Å². The van der Waals surface area contributed by atoms with Crippen LogP contribution in [-0.4, -0.2) is 19.0 Å². The molecule has 1 N–H and O–H groups in total. The third-order valence-electron chi connectivity index (χ3n) is 2.87. The largest absolute Gasteiger partial charge is 0.465 e. The molecule has 0 spiro atoms. The molecule has 2 rings (SSSR count). The number of carbonyl (C=O) groups excluding carboxylic acids is 2. The first kappa shape index (κ1) is 14.3. The van der Waals surface area contributed by atoms with Crippen LogP contribution in [0.5, 0.6) is 0 Å². The van der Waals surface area contributed by atoms with E-state index in [9.17, 15) is 14.0 Å². The molecule has 20 heavy (non-hydrogen) atoms. The molecule has 6 heteroatoms. The zero-order valence-corrected chi connectivity index (χ0v) is 11.5. The van der Waals surface area contributed by atoms with Gasteiger partial charge >= 0.3 is 5.97 Å². The van der Waals surface area contributed by atoms with Gasteiger partial charge in [-0.15, -0.1) is 0 Å². The van der Waals surface area contributed by atoms with Crippen molar-refractivity contribution in [3.63, 3.8) is 0 Å². The number of ether oxygens (including phenoxy) is 1. The number of esters is 1. The van der Waals surface area contributed by atoms with Crippen molar-refractivity contribution in [3.8, 4) is 0 Å². The highest BCUT2D eigenvalue weighted by Gasteiger charge is 2.31. The third kappa shape index (κ3) is 2.44. The number of hydrogen-bond donors (Lipinski definition) is 1. The van der Waals surface area contributed by atoms with Gasteiger partial charge in [-0.1, -0.05) is 17.7 Å². The molecule has 1 amide bonds. The van der Waals surface area contributed by atoms with E-state index < -0.39 is 17.7 Å². The lowest BCUT2D eigenvalue weighted by Crippen LogP contribution is -2.15. The molecule has 0 aliphatic carbocycles. The Morgan fingerprint density at radius 3 is 2.75 bits per heavy atom. The quantitative estimate of drug-likeness (QED) is 0.673. The molecule has 4 nitrogen and oxygen atoms in total. The van der Waals surface area contributed by atoms with Crippen LogP contribution in [-0.2, 0) is 14.3 Å². The van der Waals surface area contributed by atoms with Crippen molar-refractivity contribution < 1.29 is 18.7 Å². The highest BCUT2D eigenvalue weighted by Crippen LogP contribution is 2.28. The van der Waals surface area contributed by atoms with Gasteiger partial charge in [0.15, 0.2) is 0 Å². The number of methoxy groups -OCH3 is 1.